The highest BCUT2D eigenvalue weighted by Gasteiger charge is 2.16. The molecule has 0 amide bonds. The van der Waals surface area contributed by atoms with E-state index in [0.717, 1.165) is 0 Å². The van der Waals surface area contributed by atoms with Crippen LogP contribution in [0.1, 0.15) is 12.1 Å². The lowest BCUT2D eigenvalue weighted by molar-refractivity contribution is 0.146. The van der Waals surface area contributed by atoms with Crippen LogP contribution in [0.2, 0.25) is 10.2 Å². The van der Waals surface area contributed by atoms with Gasteiger partial charge in [0.15, 0.2) is 0 Å². The first-order valence-corrected chi connectivity index (χ1v) is 3.67. The van der Waals surface area contributed by atoms with Gasteiger partial charge in [0.2, 0.25) is 0 Å². The van der Waals surface area contributed by atoms with Crippen molar-refractivity contribution in [3.63, 3.8) is 0 Å². The van der Waals surface area contributed by atoms with Crippen molar-refractivity contribution in [3.8, 4) is 0 Å². The van der Waals surface area contributed by atoms with Gasteiger partial charge in [-0.05, 0) is 6.07 Å². The normalized spacial score (nSPS) is 10.8. The first-order valence-electron chi connectivity index (χ1n) is 2.92. The van der Waals surface area contributed by atoms with E-state index >= 15 is 0 Å². The summed E-state index contributed by atoms with van der Waals surface area (Å²) in [5.41, 5.74) is 4.69. The van der Waals surface area contributed by atoms with Crippen molar-refractivity contribution < 1.29 is 8.78 Å². The third kappa shape index (κ3) is 1.76. The van der Waals surface area contributed by atoms with Crippen LogP contribution in [0.5, 0.6) is 0 Å². The number of nitrogens with zero attached hydrogens (tertiary/aromatic N) is 1. The number of halogens is 4. The summed E-state index contributed by atoms with van der Waals surface area (Å²) in [4.78, 5) is 3.34. The third-order valence-corrected chi connectivity index (χ3v) is 1.79. The zero-order valence-electron chi connectivity index (χ0n) is 5.69. The summed E-state index contributed by atoms with van der Waals surface area (Å²) in [5, 5.41) is -0.332. The van der Waals surface area contributed by atoms with Crippen LogP contribution in [-0.4, -0.2) is 4.98 Å². The average molecular weight is 213 g/mol. The number of pyridine rings is 1. The highest BCUT2D eigenvalue weighted by molar-refractivity contribution is 6.35. The maximum absolute atomic E-state index is 12.1. The quantitative estimate of drug-likeness (QED) is 0.728. The average Bonchev–Trinajstić information content (AvgIpc) is 1.96. The van der Waals surface area contributed by atoms with Crippen LogP contribution in [0.4, 0.5) is 14.5 Å². The maximum atomic E-state index is 12.1. The number of alkyl halides is 2. The maximum Gasteiger partial charge on any atom is 0.281 e. The molecule has 0 radical (unpaired) electrons. The Kier molecular flexibility index (Phi) is 2.69. The molecule has 0 atom stereocenters. The standard InChI is InChI=1S/C6H4Cl2F2N2/c7-3-1-2(11)4(8)5(12-3)6(9)10/h1,6H,(H2,11,12). The van der Waals surface area contributed by atoms with Gasteiger partial charge in [0.1, 0.15) is 10.8 Å². The molecule has 66 valence electrons. The number of aromatic nitrogens is 1. The van der Waals surface area contributed by atoms with E-state index in [1.807, 2.05) is 0 Å². The molecule has 0 saturated carbocycles. The molecule has 1 aromatic heterocycles. The molecule has 0 aliphatic heterocycles. The lowest BCUT2D eigenvalue weighted by Gasteiger charge is -2.04. The number of hydrogen-bond donors (Lipinski definition) is 1. The van der Waals surface area contributed by atoms with Gasteiger partial charge in [-0.25, -0.2) is 13.8 Å². The molecular weight excluding hydrogens is 209 g/mol. The van der Waals surface area contributed by atoms with E-state index in [4.69, 9.17) is 28.9 Å². The van der Waals surface area contributed by atoms with Crippen molar-refractivity contribution in [2.45, 2.75) is 6.43 Å². The Morgan fingerprint density at radius 1 is 1.42 bits per heavy atom. The number of rotatable bonds is 1. The van der Waals surface area contributed by atoms with Crippen LogP contribution in [0, 0.1) is 0 Å². The van der Waals surface area contributed by atoms with Crippen LogP contribution < -0.4 is 5.73 Å². The number of hydrogen-bond acceptors (Lipinski definition) is 2. The summed E-state index contributed by atoms with van der Waals surface area (Å²) in [6.07, 6.45) is -2.77. The lowest BCUT2D eigenvalue weighted by atomic mass is 10.3. The molecule has 1 heterocycles. The number of nitrogens with two attached hydrogens (primary N) is 1. The summed E-state index contributed by atoms with van der Waals surface area (Å²) < 4.78 is 24.3. The van der Waals surface area contributed by atoms with Crippen molar-refractivity contribution >= 4 is 28.9 Å². The minimum atomic E-state index is -2.77. The molecule has 12 heavy (non-hydrogen) atoms. The van der Waals surface area contributed by atoms with Crippen molar-refractivity contribution in [1.29, 1.82) is 0 Å². The van der Waals surface area contributed by atoms with Crippen molar-refractivity contribution in [1.82, 2.24) is 4.98 Å². The number of nitrogen functional groups attached to an aromatic ring is 1. The topological polar surface area (TPSA) is 38.9 Å². The van der Waals surface area contributed by atoms with E-state index in [1.54, 1.807) is 0 Å². The molecule has 0 aliphatic rings. The zero-order valence-corrected chi connectivity index (χ0v) is 7.20. The fraction of sp³-hybridized carbons (Fsp3) is 0.167. The fourth-order valence-corrected chi connectivity index (χ4v) is 1.07. The Hall–Kier alpha value is -0.610. The van der Waals surface area contributed by atoms with E-state index in [9.17, 15) is 8.78 Å². The van der Waals surface area contributed by atoms with Gasteiger partial charge in [-0.1, -0.05) is 23.2 Å². The zero-order chi connectivity index (χ0) is 9.30. The summed E-state index contributed by atoms with van der Waals surface area (Å²) in [6.45, 7) is 0. The molecule has 0 unspecified atom stereocenters. The van der Waals surface area contributed by atoms with Crippen LogP contribution in [0.25, 0.3) is 0 Å². The molecule has 1 aromatic rings. The Morgan fingerprint density at radius 3 is 2.50 bits per heavy atom. The Morgan fingerprint density at radius 2 is 2.00 bits per heavy atom. The molecule has 0 aromatic carbocycles. The second-order valence-electron chi connectivity index (χ2n) is 2.03. The van der Waals surface area contributed by atoms with Crippen LogP contribution in [0.15, 0.2) is 6.07 Å². The molecule has 2 nitrogen and oxygen atoms in total. The second kappa shape index (κ2) is 3.41. The van der Waals surface area contributed by atoms with Crippen molar-refractivity contribution in [3.05, 3.63) is 21.9 Å². The largest absolute Gasteiger partial charge is 0.397 e. The van der Waals surface area contributed by atoms with Gasteiger partial charge in [0, 0.05) is 0 Å². The molecule has 0 aliphatic carbocycles. The number of anilines is 1. The van der Waals surface area contributed by atoms with Crippen LogP contribution in [0.3, 0.4) is 0 Å². The molecule has 0 fully saturated rings. The molecule has 2 N–H and O–H groups in total. The van der Waals surface area contributed by atoms with Gasteiger partial charge < -0.3 is 5.73 Å². The minimum absolute atomic E-state index is 0.00645. The molecule has 6 heteroatoms. The molecule has 0 saturated heterocycles. The third-order valence-electron chi connectivity index (χ3n) is 1.19. The lowest BCUT2D eigenvalue weighted by Crippen LogP contribution is -1.96. The predicted molar refractivity (Wildman–Crippen MR) is 43.6 cm³/mol. The minimum Gasteiger partial charge on any atom is -0.397 e. The van der Waals surface area contributed by atoms with Crippen LogP contribution in [-0.2, 0) is 0 Å². The van der Waals surface area contributed by atoms with Gasteiger partial charge in [-0.15, -0.1) is 0 Å². The fourth-order valence-electron chi connectivity index (χ4n) is 0.681. The van der Waals surface area contributed by atoms with E-state index in [0.29, 0.717) is 0 Å². The SMILES string of the molecule is Nc1cc(Cl)nc(C(F)F)c1Cl. The summed E-state index contributed by atoms with van der Waals surface area (Å²) in [5.74, 6) is 0. The highest BCUT2D eigenvalue weighted by atomic mass is 35.5. The monoisotopic (exact) mass is 212 g/mol. The summed E-state index contributed by atoms with van der Waals surface area (Å²) in [6, 6.07) is 1.22. The molecule has 0 bridgehead atoms. The predicted octanol–water partition coefficient (Wildman–Crippen LogP) is 2.91. The molecular formula is C6H4Cl2F2N2. The molecule has 0 spiro atoms. The second-order valence-corrected chi connectivity index (χ2v) is 2.80. The van der Waals surface area contributed by atoms with Gasteiger partial charge >= 0.3 is 0 Å². The Balaban J connectivity index is 3.28. The summed E-state index contributed by atoms with van der Waals surface area (Å²) in [7, 11) is 0. The van der Waals surface area contributed by atoms with E-state index in [2.05, 4.69) is 4.98 Å². The van der Waals surface area contributed by atoms with Gasteiger partial charge in [-0.2, -0.15) is 0 Å². The molecule has 1 rings (SSSR count). The first kappa shape index (κ1) is 9.48. The Labute approximate surface area is 77.3 Å². The van der Waals surface area contributed by atoms with Gasteiger partial charge in [0.05, 0.1) is 10.7 Å². The smallest absolute Gasteiger partial charge is 0.281 e. The van der Waals surface area contributed by atoms with Gasteiger partial charge in [0.25, 0.3) is 6.43 Å². The summed E-state index contributed by atoms with van der Waals surface area (Å²) >= 11 is 10.8. The van der Waals surface area contributed by atoms with E-state index < -0.39 is 12.1 Å². The van der Waals surface area contributed by atoms with Crippen molar-refractivity contribution in [2.24, 2.45) is 0 Å². The van der Waals surface area contributed by atoms with Gasteiger partial charge in [-0.3, -0.25) is 0 Å². The first-order chi connectivity index (χ1) is 5.52. The highest BCUT2D eigenvalue weighted by Crippen LogP contribution is 2.31. The van der Waals surface area contributed by atoms with Crippen molar-refractivity contribution in [2.75, 3.05) is 5.73 Å². The van der Waals surface area contributed by atoms with E-state index in [-0.39, 0.29) is 15.9 Å². The van der Waals surface area contributed by atoms with Crippen LogP contribution >= 0.6 is 23.2 Å². The van der Waals surface area contributed by atoms with E-state index in [1.165, 1.54) is 6.07 Å². The Bertz CT molecular complexity index is 304.